The second-order valence-corrected chi connectivity index (χ2v) is 5.81. The maximum Gasteiger partial charge on any atom is 0.364 e. The van der Waals surface area contributed by atoms with Crippen LogP contribution in [0.1, 0.15) is 39.5 Å². The van der Waals surface area contributed by atoms with Gasteiger partial charge in [0.25, 0.3) is 5.72 Å². The van der Waals surface area contributed by atoms with Crippen molar-refractivity contribution in [3.63, 3.8) is 0 Å². The standard InChI is InChI=1S/C15H22N2O6/c1-3-20-11(18)10-15(13(19)21-4-2)16-12-14(6-5-7-14)22-9-8-17(12)23-15/h3-10H2,1-2H3. The minimum Gasteiger partial charge on any atom is -0.466 e. The minimum absolute atomic E-state index is 0.180. The highest BCUT2D eigenvalue weighted by molar-refractivity contribution is 5.97. The highest BCUT2D eigenvalue weighted by Crippen LogP contribution is 2.44. The molecule has 0 amide bonds. The summed E-state index contributed by atoms with van der Waals surface area (Å²) >= 11 is 0. The van der Waals surface area contributed by atoms with Gasteiger partial charge in [0.05, 0.1) is 26.4 Å². The molecule has 1 saturated heterocycles. The quantitative estimate of drug-likeness (QED) is 0.691. The van der Waals surface area contributed by atoms with Crippen LogP contribution in [0.4, 0.5) is 0 Å². The molecular weight excluding hydrogens is 304 g/mol. The Labute approximate surface area is 134 Å². The maximum atomic E-state index is 12.4. The zero-order valence-electron chi connectivity index (χ0n) is 13.5. The summed E-state index contributed by atoms with van der Waals surface area (Å²) in [6, 6.07) is 0. The number of esters is 2. The summed E-state index contributed by atoms with van der Waals surface area (Å²) in [4.78, 5) is 34.6. The minimum atomic E-state index is -1.70. The van der Waals surface area contributed by atoms with E-state index >= 15 is 0 Å². The van der Waals surface area contributed by atoms with Gasteiger partial charge in [-0.2, -0.15) is 0 Å². The first kappa shape index (κ1) is 16.2. The lowest BCUT2D eigenvalue weighted by atomic mass is 9.78. The number of hydrogen-bond donors (Lipinski definition) is 0. The lowest BCUT2D eigenvalue weighted by Crippen LogP contribution is -2.58. The van der Waals surface area contributed by atoms with Gasteiger partial charge in [-0.15, -0.1) is 0 Å². The molecule has 2 fully saturated rings. The second-order valence-electron chi connectivity index (χ2n) is 5.81. The number of aliphatic imine (C=N–C) groups is 1. The van der Waals surface area contributed by atoms with E-state index in [-0.39, 0.29) is 19.6 Å². The zero-order chi connectivity index (χ0) is 16.5. The fraction of sp³-hybridized carbons (Fsp3) is 0.800. The van der Waals surface area contributed by atoms with Gasteiger partial charge < -0.3 is 14.2 Å². The SMILES string of the molecule is CCOC(=O)CC1(C(=O)OCC)N=C2N(CCOC23CCC3)O1. The number of hydrogen-bond acceptors (Lipinski definition) is 8. The van der Waals surface area contributed by atoms with Crippen molar-refractivity contribution in [2.75, 3.05) is 26.4 Å². The van der Waals surface area contributed by atoms with Gasteiger partial charge in [-0.1, -0.05) is 0 Å². The van der Waals surface area contributed by atoms with Gasteiger partial charge in [0.1, 0.15) is 12.0 Å². The monoisotopic (exact) mass is 326 g/mol. The molecule has 8 heteroatoms. The molecule has 2 aliphatic heterocycles. The molecule has 0 radical (unpaired) electrons. The van der Waals surface area contributed by atoms with Crippen LogP contribution in [0.15, 0.2) is 4.99 Å². The number of morpholine rings is 1. The van der Waals surface area contributed by atoms with Crippen molar-refractivity contribution < 1.29 is 28.6 Å². The number of hydroxylamine groups is 2. The average Bonchev–Trinajstić information content (AvgIpc) is 2.85. The van der Waals surface area contributed by atoms with Crippen LogP contribution in [0.5, 0.6) is 0 Å². The Morgan fingerprint density at radius 2 is 2.00 bits per heavy atom. The average molecular weight is 326 g/mol. The van der Waals surface area contributed by atoms with Crippen molar-refractivity contribution in [1.82, 2.24) is 5.06 Å². The van der Waals surface area contributed by atoms with E-state index in [0.29, 0.717) is 19.0 Å². The van der Waals surface area contributed by atoms with Crippen molar-refractivity contribution in [2.24, 2.45) is 4.99 Å². The largest absolute Gasteiger partial charge is 0.466 e. The third-order valence-corrected chi connectivity index (χ3v) is 4.31. The van der Waals surface area contributed by atoms with E-state index in [1.165, 1.54) is 0 Å². The molecule has 2 heterocycles. The predicted octanol–water partition coefficient (Wildman–Crippen LogP) is 0.798. The molecule has 3 aliphatic rings. The summed E-state index contributed by atoms with van der Waals surface area (Å²) in [6.07, 6.45) is 2.40. The van der Waals surface area contributed by atoms with Crippen LogP contribution in [0.2, 0.25) is 0 Å². The van der Waals surface area contributed by atoms with Crippen LogP contribution in [0, 0.1) is 0 Å². The summed E-state index contributed by atoms with van der Waals surface area (Å²) in [7, 11) is 0. The fourth-order valence-corrected chi connectivity index (χ4v) is 3.09. The second kappa shape index (κ2) is 6.09. The van der Waals surface area contributed by atoms with E-state index < -0.39 is 23.3 Å². The van der Waals surface area contributed by atoms with Gasteiger partial charge in [-0.25, -0.2) is 19.7 Å². The van der Waals surface area contributed by atoms with E-state index in [4.69, 9.17) is 19.0 Å². The molecule has 1 spiro atoms. The van der Waals surface area contributed by atoms with E-state index in [0.717, 1.165) is 19.3 Å². The molecule has 0 bridgehead atoms. The highest BCUT2D eigenvalue weighted by atomic mass is 16.7. The first-order chi connectivity index (χ1) is 11.1. The Morgan fingerprint density at radius 3 is 2.61 bits per heavy atom. The van der Waals surface area contributed by atoms with Crippen LogP contribution < -0.4 is 0 Å². The molecule has 128 valence electrons. The summed E-state index contributed by atoms with van der Waals surface area (Å²) in [5.74, 6) is -0.634. The molecule has 1 unspecified atom stereocenters. The number of ether oxygens (including phenoxy) is 3. The number of fused-ring (bicyclic) bond motifs is 2. The zero-order valence-corrected chi connectivity index (χ0v) is 13.5. The lowest BCUT2D eigenvalue weighted by molar-refractivity contribution is -0.228. The summed E-state index contributed by atoms with van der Waals surface area (Å²) in [6.45, 7) is 4.77. The fourth-order valence-electron chi connectivity index (χ4n) is 3.09. The number of rotatable bonds is 5. The van der Waals surface area contributed by atoms with Gasteiger partial charge in [0.15, 0.2) is 5.84 Å². The van der Waals surface area contributed by atoms with Gasteiger partial charge in [0, 0.05) is 0 Å². The number of carbonyl (C=O) groups excluding carboxylic acids is 2. The van der Waals surface area contributed by atoms with Crippen molar-refractivity contribution >= 4 is 17.8 Å². The summed E-state index contributed by atoms with van der Waals surface area (Å²) in [5, 5.41) is 1.58. The van der Waals surface area contributed by atoms with E-state index in [1.54, 1.807) is 18.9 Å². The van der Waals surface area contributed by atoms with Crippen LogP contribution >= 0.6 is 0 Å². The Kier molecular flexibility index (Phi) is 4.29. The molecule has 23 heavy (non-hydrogen) atoms. The smallest absolute Gasteiger partial charge is 0.364 e. The van der Waals surface area contributed by atoms with Crippen LogP contribution in [-0.4, -0.2) is 60.5 Å². The van der Waals surface area contributed by atoms with E-state index in [2.05, 4.69) is 4.99 Å². The van der Waals surface area contributed by atoms with Crippen molar-refractivity contribution in [3.05, 3.63) is 0 Å². The topological polar surface area (TPSA) is 86.7 Å². The Bertz CT molecular complexity index is 530. The third-order valence-electron chi connectivity index (χ3n) is 4.31. The Hall–Kier alpha value is -1.67. The number of nitrogens with zero attached hydrogens (tertiary/aromatic N) is 2. The molecule has 8 nitrogen and oxygen atoms in total. The van der Waals surface area contributed by atoms with E-state index in [9.17, 15) is 9.59 Å². The normalized spacial score (nSPS) is 27.9. The molecule has 1 atom stereocenters. The molecule has 1 aliphatic carbocycles. The number of amidine groups is 1. The van der Waals surface area contributed by atoms with Gasteiger partial charge in [0.2, 0.25) is 0 Å². The molecule has 3 rings (SSSR count). The molecule has 0 aromatic rings. The third kappa shape index (κ3) is 2.70. The van der Waals surface area contributed by atoms with Crippen molar-refractivity contribution in [2.45, 2.75) is 50.9 Å². The molecule has 0 aromatic carbocycles. The predicted molar refractivity (Wildman–Crippen MR) is 78.4 cm³/mol. The van der Waals surface area contributed by atoms with Crippen LogP contribution in [0.25, 0.3) is 0 Å². The van der Waals surface area contributed by atoms with Crippen LogP contribution in [-0.2, 0) is 28.6 Å². The van der Waals surface area contributed by atoms with Gasteiger partial charge in [-0.3, -0.25) is 4.79 Å². The lowest BCUT2D eigenvalue weighted by Gasteiger charge is -2.46. The van der Waals surface area contributed by atoms with Crippen molar-refractivity contribution in [3.8, 4) is 0 Å². The first-order valence-corrected chi connectivity index (χ1v) is 8.09. The van der Waals surface area contributed by atoms with Gasteiger partial charge in [-0.05, 0) is 33.1 Å². The molecule has 0 aromatic heterocycles. The summed E-state index contributed by atoms with van der Waals surface area (Å²) < 4.78 is 15.9. The van der Waals surface area contributed by atoms with Crippen molar-refractivity contribution in [1.29, 1.82) is 0 Å². The maximum absolute atomic E-state index is 12.4. The molecular formula is C15H22N2O6. The van der Waals surface area contributed by atoms with Gasteiger partial charge >= 0.3 is 11.9 Å². The highest BCUT2D eigenvalue weighted by Gasteiger charge is 2.58. The number of carbonyl (C=O) groups is 2. The molecule has 0 N–H and O–H groups in total. The first-order valence-electron chi connectivity index (χ1n) is 8.09. The summed E-state index contributed by atoms with van der Waals surface area (Å²) in [5.41, 5.74) is -2.19. The Balaban J connectivity index is 1.90. The molecule has 1 saturated carbocycles. The Morgan fingerprint density at radius 1 is 1.26 bits per heavy atom. The van der Waals surface area contributed by atoms with E-state index in [1.807, 2.05) is 0 Å². The van der Waals surface area contributed by atoms with Crippen LogP contribution in [0.3, 0.4) is 0 Å².